The summed E-state index contributed by atoms with van der Waals surface area (Å²) < 4.78 is 0. The van der Waals surface area contributed by atoms with E-state index in [1.807, 2.05) is 12.4 Å². The Morgan fingerprint density at radius 3 is 2.67 bits per heavy atom. The second-order valence-electron chi connectivity index (χ2n) is 5.61. The molecule has 0 aliphatic rings. The van der Waals surface area contributed by atoms with Crippen LogP contribution >= 0.6 is 0 Å². The normalized spacial score (nSPS) is 12.0. The molecule has 3 heteroatoms. The number of nitrogens with two attached hydrogens (primary N) is 1. The largest absolute Gasteiger partial charge is 0.304 e. The minimum atomic E-state index is 0.106. The van der Waals surface area contributed by atoms with Crippen molar-refractivity contribution in [3.05, 3.63) is 41.7 Å². The van der Waals surface area contributed by atoms with Crippen molar-refractivity contribution in [1.29, 1.82) is 0 Å². The molecule has 0 atom stereocenters. The lowest BCUT2D eigenvalue weighted by atomic mass is 9.85. The average molecular weight is 244 g/mol. The zero-order valence-corrected chi connectivity index (χ0v) is 11.2. The zero-order chi connectivity index (χ0) is 13.2. The molecule has 0 fully saturated rings. The average Bonchev–Trinajstić information content (AvgIpc) is 2.34. The van der Waals surface area contributed by atoms with Gasteiger partial charge in [-0.25, -0.2) is 5.90 Å². The van der Waals surface area contributed by atoms with Gasteiger partial charge in [-0.1, -0.05) is 32.9 Å². The lowest BCUT2D eigenvalue weighted by molar-refractivity contribution is 0.141. The summed E-state index contributed by atoms with van der Waals surface area (Å²) in [4.78, 5) is 8.96. The molecule has 0 radical (unpaired) electrons. The van der Waals surface area contributed by atoms with Crippen molar-refractivity contribution in [2.75, 3.05) is 6.61 Å². The first-order chi connectivity index (χ1) is 8.52. The van der Waals surface area contributed by atoms with Crippen molar-refractivity contribution in [3.63, 3.8) is 0 Å². The van der Waals surface area contributed by atoms with Crippen molar-refractivity contribution in [3.8, 4) is 0 Å². The summed E-state index contributed by atoms with van der Waals surface area (Å²) >= 11 is 0. The van der Waals surface area contributed by atoms with Crippen molar-refractivity contribution >= 4 is 10.8 Å². The van der Waals surface area contributed by atoms with E-state index in [1.165, 1.54) is 21.9 Å². The maximum absolute atomic E-state index is 5.06. The maximum Gasteiger partial charge on any atom is 0.0719 e. The van der Waals surface area contributed by atoms with E-state index in [0.717, 1.165) is 6.42 Å². The number of nitrogens with zero attached hydrogens (tertiary/aromatic N) is 1. The molecule has 2 rings (SSSR count). The molecule has 1 aromatic carbocycles. The third-order valence-electron chi connectivity index (χ3n) is 3.14. The van der Waals surface area contributed by atoms with Gasteiger partial charge in [-0.05, 0) is 34.4 Å². The fourth-order valence-corrected chi connectivity index (χ4v) is 2.16. The Morgan fingerprint density at radius 1 is 1.22 bits per heavy atom. The Morgan fingerprint density at radius 2 is 2.00 bits per heavy atom. The smallest absolute Gasteiger partial charge is 0.0719 e. The van der Waals surface area contributed by atoms with Crippen molar-refractivity contribution in [2.24, 2.45) is 5.90 Å². The van der Waals surface area contributed by atoms with Crippen LogP contribution < -0.4 is 5.90 Å². The maximum atomic E-state index is 5.06. The second-order valence-corrected chi connectivity index (χ2v) is 5.61. The quantitative estimate of drug-likeness (QED) is 0.844. The van der Waals surface area contributed by atoms with Crippen LogP contribution in [-0.2, 0) is 16.7 Å². The van der Waals surface area contributed by atoms with Gasteiger partial charge in [0.1, 0.15) is 0 Å². The van der Waals surface area contributed by atoms with E-state index in [-0.39, 0.29) is 5.41 Å². The summed E-state index contributed by atoms with van der Waals surface area (Å²) in [5.41, 5.74) is 2.61. The molecule has 3 nitrogen and oxygen atoms in total. The van der Waals surface area contributed by atoms with Gasteiger partial charge >= 0.3 is 0 Å². The summed E-state index contributed by atoms with van der Waals surface area (Å²) in [6.45, 7) is 7.16. The molecule has 2 N–H and O–H groups in total. The van der Waals surface area contributed by atoms with Gasteiger partial charge in [0.2, 0.25) is 0 Å². The minimum Gasteiger partial charge on any atom is -0.304 e. The molecule has 0 aliphatic heterocycles. The molecule has 0 spiro atoms. The number of aromatic nitrogens is 1. The molecule has 0 amide bonds. The van der Waals surface area contributed by atoms with Crippen LogP contribution in [0.3, 0.4) is 0 Å². The fourth-order valence-electron chi connectivity index (χ4n) is 2.16. The molecule has 0 bridgehead atoms. The van der Waals surface area contributed by atoms with Gasteiger partial charge in [0.25, 0.3) is 0 Å². The molecular weight excluding hydrogens is 224 g/mol. The Bertz CT molecular complexity index is 544. The Hall–Kier alpha value is -1.45. The Labute approximate surface area is 108 Å². The van der Waals surface area contributed by atoms with Gasteiger partial charge < -0.3 is 4.84 Å². The minimum absolute atomic E-state index is 0.106. The van der Waals surface area contributed by atoms with Gasteiger partial charge in [-0.2, -0.15) is 0 Å². The van der Waals surface area contributed by atoms with E-state index in [9.17, 15) is 0 Å². The third kappa shape index (κ3) is 2.68. The number of hydrogen-bond donors (Lipinski definition) is 1. The number of hydrogen-bond acceptors (Lipinski definition) is 3. The monoisotopic (exact) mass is 244 g/mol. The molecule has 0 saturated heterocycles. The summed E-state index contributed by atoms with van der Waals surface area (Å²) in [7, 11) is 0. The van der Waals surface area contributed by atoms with Crippen molar-refractivity contribution in [2.45, 2.75) is 32.6 Å². The third-order valence-corrected chi connectivity index (χ3v) is 3.14. The van der Waals surface area contributed by atoms with Gasteiger partial charge in [0.05, 0.1) is 6.61 Å². The zero-order valence-electron chi connectivity index (χ0n) is 11.2. The number of benzene rings is 1. The first kappa shape index (κ1) is 13.0. The molecule has 0 unspecified atom stereocenters. The highest BCUT2D eigenvalue weighted by Crippen LogP contribution is 2.29. The van der Waals surface area contributed by atoms with Gasteiger partial charge in [-0.3, -0.25) is 4.98 Å². The topological polar surface area (TPSA) is 48.1 Å². The Kier molecular flexibility index (Phi) is 3.64. The van der Waals surface area contributed by atoms with Crippen LogP contribution in [0.1, 0.15) is 31.9 Å². The molecule has 1 heterocycles. The van der Waals surface area contributed by atoms with E-state index in [0.29, 0.717) is 6.61 Å². The lowest BCUT2D eigenvalue weighted by Gasteiger charge is -2.20. The van der Waals surface area contributed by atoms with Crippen molar-refractivity contribution < 1.29 is 4.84 Å². The summed E-state index contributed by atoms with van der Waals surface area (Å²) in [6.07, 6.45) is 4.70. The molecule has 0 saturated carbocycles. The molecule has 0 aliphatic carbocycles. The van der Waals surface area contributed by atoms with Gasteiger partial charge in [0, 0.05) is 17.8 Å². The predicted molar refractivity (Wildman–Crippen MR) is 74.3 cm³/mol. The van der Waals surface area contributed by atoms with Gasteiger partial charge in [0.15, 0.2) is 0 Å². The highest BCUT2D eigenvalue weighted by atomic mass is 16.6. The van der Waals surface area contributed by atoms with Crippen LogP contribution in [0.2, 0.25) is 0 Å². The number of fused-ring (bicyclic) bond motifs is 1. The van der Waals surface area contributed by atoms with Crippen LogP contribution in [0.15, 0.2) is 30.6 Å². The summed E-state index contributed by atoms with van der Waals surface area (Å²) in [6, 6.07) is 6.47. The fraction of sp³-hybridized carbons (Fsp3) is 0.400. The van der Waals surface area contributed by atoms with Crippen LogP contribution in [0, 0.1) is 0 Å². The van der Waals surface area contributed by atoms with E-state index in [2.05, 4.69) is 48.8 Å². The van der Waals surface area contributed by atoms with E-state index in [1.54, 1.807) is 0 Å². The second kappa shape index (κ2) is 5.04. The molecule has 2 aromatic rings. The van der Waals surface area contributed by atoms with Gasteiger partial charge in [-0.15, -0.1) is 0 Å². The summed E-state index contributed by atoms with van der Waals surface area (Å²) in [5, 5.41) is 2.45. The highest BCUT2D eigenvalue weighted by Gasteiger charge is 2.17. The molecule has 1 aromatic heterocycles. The van der Waals surface area contributed by atoms with Crippen LogP contribution in [0.4, 0.5) is 0 Å². The van der Waals surface area contributed by atoms with Crippen molar-refractivity contribution in [1.82, 2.24) is 4.98 Å². The number of pyridine rings is 1. The van der Waals surface area contributed by atoms with E-state index < -0.39 is 0 Å². The van der Waals surface area contributed by atoms with Crippen LogP contribution in [0.5, 0.6) is 0 Å². The Balaban J connectivity index is 2.47. The van der Waals surface area contributed by atoms with Crippen LogP contribution in [0.25, 0.3) is 10.8 Å². The molecular formula is C15H20N2O. The molecule has 18 heavy (non-hydrogen) atoms. The highest BCUT2D eigenvalue weighted by molar-refractivity contribution is 5.86. The molecule has 96 valence electrons. The predicted octanol–water partition coefficient (Wildman–Crippen LogP) is 2.97. The standard InChI is InChI=1S/C15H20N2O/c1-15(2,3)14-10-17-9-12-8-11(6-7-18-16)4-5-13(12)14/h4-5,8-10H,6-7,16H2,1-3H3. The SMILES string of the molecule is CC(C)(C)c1cncc2cc(CCON)ccc12. The first-order valence-corrected chi connectivity index (χ1v) is 6.21. The summed E-state index contributed by atoms with van der Waals surface area (Å²) in [5.74, 6) is 5.06. The first-order valence-electron chi connectivity index (χ1n) is 6.21. The van der Waals surface area contributed by atoms with E-state index >= 15 is 0 Å². The number of rotatable bonds is 3. The van der Waals surface area contributed by atoms with E-state index in [4.69, 9.17) is 5.90 Å². The van der Waals surface area contributed by atoms with Crippen LogP contribution in [-0.4, -0.2) is 11.6 Å². The lowest BCUT2D eigenvalue weighted by Crippen LogP contribution is -2.12.